The van der Waals surface area contributed by atoms with Gasteiger partial charge in [0.2, 0.25) is 0 Å². The van der Waals surface area contributed by atoms with E-state index in [4.69, 9.17) is 0 Å². The minimum atomic E-state index is -0.572. The molecular weight excluding hydrogens is 286 g/mol. The lowest BCUT2D eigenvalue weighted by molar-refractivity contribution is 0.188. The number of halogens is 2. The van der Waals surface area contributed by atoms with E-state index in [0.29, 0.717) is 18.3 Å². The maximum absolute atomic E-state index is 14.0. The Hall–Kier alpha value is -1.79. The van der Waals surface area contributed by atoms with Gasteiger partial charge in [0.1, 0.15) is 11.6 Å². The van der Waals surface area contributed by atoms with Crippen molar-refractivity contribution in [2.45, 2.75) is 25.4 Å². The first-order chi connectivity index (χ1) is 10.7. The Balaban J connectivity index is 1.84. The zero-order valence-corrected chi connectivity index (χ0v) is 12.6. The third-order valence-corrected chi connectivity index (χ3v) is 4.24. The number of piperidine rings is 1. The molecule has 0 bridgehead atoms. The Morgan fingerprint density at radius 3 is 2.86 bits per heavy atom. The molecule has 1 aliphatic heterocycles. The van der Waals surface area contributed by atoms with Crippen molar-refractivity contribution in [3.8, 4) is 11.3 Å². The highest BCUT2D eigenvalue weighted by Gasteiger charge is 2.22. The minimum Gasteiger partial charge on any atom is -0.316 e. The lowest BCUT2D eigenvalue weighted by atomic mass is 10.0. The predicted molar refractivity (Wildman–Crippen MR) is 81.3 cm³/mol. The van der Waals surface area contributed by atoms with Crippen LogP contribution in [-0.4, -0.2) is 41.3 Å². The number of hydrogen-bond donors (Lipinski definition) is 2. The Morgan fingerprint density at radius 1 is 1.36 bits per heavy atom. The van der Waals surface area contributed by atoms with Gasteiger partial charge in [0.15, 0.2) is 0 Å². The molecule has 2 N–H and O–H groups in total. The SMILES string of the molecule is CNC1CCCN(Cc2cn[nH]c2-c2c(F)cccc2F)C1. The standard InChI is InChI=1S/C16H20F2N4/c1-19-12-4-3-7-22(10-12)9-11-8-20-21-16(11)15-13(17)5-2-6-14(15)18/h2,5-6,8,12,19H,3-4,7,9-10H2,1H3,(H,20,21). The summed E-state index contributed by atoms with van der Waals surface area (Å²) in [5.41, 5.74) is 1.22. The monoisotopic (exact) mass is 306 g/mol. The van der Waals surface area contributed by atoms with Gasteiger partial charge in [0, 0.05) is 24.7 Å². The zero-order chi connectivity index (χ0) is 15.5. The fraction of sp³-hybridized carbons (Fsp3) is 0.438. The van der Waals surface area contributed by atoms with Crippen molar-refractivity contribution in [1.29, 1.82) is 0 Å². The van der Waals surface area contributed by atoms with Gasteiger partial charge in [-0.1, -0.05) is 6.07 Å². The maximum Gasteiger partial charge on any atom is 0.135 e. The first kappa shape index (κ1) is 15.1. The lowest BCUT2D eigenvalue weighted by Crippen LogP contribution is -2.43. The molecule has 118 valence electrons. The first-order valence-electron chi connectivity index (χ1n) is 7.55. The second-order valence-electron chi connectivity index (χ2n) is 5.73. The molecule has 0 aliphatic carbocycles. The number of likely N-dealkylation sites (tertiary alicyclic amines) is 1. The Labute approximate surface area is 128 Å². The summed E-state index contributed by atoms with van der Waals surface area (Å²) in [6, 6.07) is 4.36. The number of likely N-dealkylation sites (N-methyl/N-ethyl adjacent to an activating group) is 1. The van der Waals surface area contributed by atoms with Gasteiger partial charge in [-0.05, 0) is 38.6 Å². The quantitative estimate of drug-likeness (QED) is 0.912. The second-order valence-corrected chi connectivity index (χ2v) is 5.73. The minimum absolute atomic E-state index is 0.0304. The summed E-state index contributed by atoms with van der Waals surface area (Å²) in [5, 5.41) is 10.0. The molecule has 0 saturated carbocycles. The highest BCUT2D eigenvalue weighted by Crippen LogP contribution is 2.28. The molecule has 2 heterocycles. The number of rotatable bonds is 4. The molecular formula is C16H20F2N4. The van der Waals surface area contributed by atoms with Crippen LogP contribution in [0.2, 0.25) is 0 Å². The number of nitrogens with zero attached hydrogens (tertiary/aromatic N) is 2. The van der Waals surface area contributed by atoms with Crippen LogP contribution in [0.25, 0.3) is 11.3 Å². The lowest BCUT2D eigenvalue weighted by Gasteiger charge is -2.32. The molecule has 2 aromatic rings. The fourth-order valence-electron chi connectivity index (χ4n) is 3.06. The second kappa shape index (κ2) is 6.54. The van der Waals surface area contributed by atoms with E-state index in [1.807, 2.05) is 7.05 Å². The average Bonchev–Trinajstić information content (AvgIpc) is 2.95. The van der Waals surface area contributed by atoms with Gasteiger partial charge in [-0.2, -0.15) is 5.10 Å². The van der Waals surface area contributed by atoms with Crippen molar-refractivity contribution in [3.05, 3.63) is 41.6 Å². The third-order valence-electron chi connectivity index (χ3n) is 4.24. The van der Waals surface area contributed by atoms with E-state index >= 15 is 0 Å². The van der Waals surface area contributed by atoms with E-state index in [1.165, 1.54) is 18.2 Å². The summed E-state index contributed by atoms with van der Waals surface area (Å²) in [4.78, 5) is 2.29. The molecule has 4 nitrogen and oxygen atoms in total. The van der Waals surface area contributed by atoms with Crippen molar-refractivity contribution in [3.63, 3.8) is 0 Å². The van der Waals surface area contributed by atoms with Crippen LogP contribution in [0.3, 0.4) is 0 Å². The molecule has 6 heteroatoms. The molecule has 3 rings (SSSR count). The van der Waals surface area contributed by atoms with Crippen LogP contribution in [0.1, 0.15) is 18.4 Å². The van der Waals surface area contributed by atoms with Gasteiger partial charge >= 0.3 is 0 Å². The largest absolute Gasteiger partial charge is 0.316 e. The van der Waals surface area contributed by atoms with E-state index in [0.717, 1.165) is 31.5 Å². The van der Waals surface area contributed by atoms with Gasteiger partial charge in [-0.15, -0.1) is 0 Å². The number of nitrogens with one attached hydrogen (secondary N) is 2. The molecule has 1 aromatic carbocycles. The van der Waals surface area contributed by atoms with Crippen LogP contribution in [0, 0.1) is 11.6 Å². The van der Waals surface area contributed by atoms with Gasteiger partial charge in [-0.3, -0.25) is 10.00 Å². The van der Waals surface area contributed by atoms with Crippen LogP contribution in [-0.2, 0) is 6.54 Å². The average molecular weight is 306 g/mol. The highest BCUT2D eigenvalue weighted by atomic mass is 19.1. The topological polar surface area (TPSA) is 44.0 Å². The van der Waals surface area contributed by atoms with Gasteiger partial charge in [0.05, 0.1) is 17.5 Å². The molecule has 1 atom stereocenters. The van der Waals surface area contributed by atoms with E-state index in [9.17, 15) is 8.78 Å². The van der Waals surface area contributed by atoms with Crippen molar-refractivity contribution in [1.82, 2.24) is 20.4 Å². The summed E-state index contributed by atoms with van der Waals surface area (Å²) in [6.45, 7) is 2.56. The molecule has 1 saturated heterocycles. The molecule has 1 fully saturated rings. The van der Waals surface area contributed by atoms with Crippen LogP contribution in [0.4, 0.5) is 8.78 Å². The van der Waals surface area contributed by atoms with E-state index in [2.05, 4.69) is 20.4 Å². The summed E-state index contributed by atoms with van der Waals surface area (Å²) < 4.78 is 28.0. The summed E-state index contributed by atoms with van der Waals surface area (Å²) >= 11 is 0. The Bertz CT molecular complexity index is 621. The first-order valence-corrected chi connectivity index (χ1v) is 7.55. The molecule has 0 spiro atoms. The smallest absolute Gasteiger partial charge is 0.135 e. The molecule has 1 aromatic heterocycles. The number of aromatic amines is 1. The molecule has 0 amide bonds. The number of hydrogen-bond acceptors (Lipinski definition) is 3. The molecule has 1 aliphatic rings. The van der Waals surface area contributed by atoms with Crippen LogP contribution in [0.15, 0.2) is 24.4 Å². The summed E-state index contributed by atoms with van der Waals surface area (Å²) in [6.07, 6.45) is 3.93. The van der Waals surface area contributed by atoms with Crippen molar-refractivity contribution < 1.29 is 8.78 Å². The Morgan fingerprint density at radius 2 is 2.14 bits per heavy atom. The maximum atomic E-state index is 14.0. The van der Waals surface area contributed by atoms with Crippen molar-refractivity contribution >= 4 is 0 Å². The van der Waals surface area contributed by atoms with E-state index in [1.54, 1.807) is 6.20 Å². The summed E-state index contributed by atoms with van der Waals surface area (Å²) in [7, 11) is 1.96. The van der Waals surface area contributed by atoms with E-state index < -0.39 is 11.6 Å². The fourth-order valence-corrected chi connectivity index (χ4v) is 3.06. The van der Waals surface area contributed by atoms with Gasteiger partial charge in [-0.25, -0.2) is 8.78 Å². The molecule has 22 heavy (non-hydrogen) atoms. The summed E-state index contributed by atoms with van der Waals surface area (Å²) in [5.74, 6) is -1.14. The third kappa shape index (κ3) is 3.03. The Kier molecular flexibility index (Phi) is 4.49. The number of aromatic nitrogens is 2. The van der Waals surface area contributed by atoms with Crippen LogP contribution in [0.5, 0.6) is 0 Å². The van der Waals surface area contributed by atoms with Crippen LogP contribution >= 0.6 is 0 Å². The zero-order valence-electron chi connectivity index (χ0n) is 12.6. The van der Waals surface area contributed by atoms with Gasteiger partial charge in [0.25, 0.3) is 0 Å². The van der Waals surface area contributed by atoms with Crippen LogP contribution < -0.4 is 5.32 Å². The van der Waals surface area contributed by atoms with E-state index in [-0.39, 0.29) is 5.56 Å². The van der Waals surface area contributed by atoms with Gasteiger partial charge < -0.3 is 5.32 Å². The van der Waals surface area contributed by atoms with Crippen molar-refractivity contribution in [2.24, 2.45) is 0 Å². The van der Waals surface area contributed by atoms with Crippen molar-refractivity contribution in [2.75, 3.05) is 20.1 Å². The highest BCUT2D eigenvalue weighted by molar-refractivity contribution is 5.64. The number of benzene rings is 1. The number of H-pyrrole nitrogens is 1. The normalized spacial score (nSPS) is 19.5. The predicted octanol–water partition coefficient (Wildman–Crippen LogP) is 2.54. The molecule has 1 unspecified atom stereocenters. The molecule has 0 radical (unpaired) electrons.